The molecular weight excluding hydrogens is 602 g/mol. The Balaban J connectivity index is 1.30. The lowest BCUT2D eigenvalue weighted by molar-refractivity contribution is -0.259. The quantitative estimate of drug-likeness (QED) is 0.258. The van der Waals surface area contributed by atoms with Crippen LogP contribution in [0.15, 0.2) is 48.5 Å². The first-order valence-electron chi connectivity index (χ1n) is 16.8. The number of aliphatic hydroxyl groups is 2. The van der Waals surface area contributed by atoms with Gasteiger partial charge in [0.2, 0.25) is 0 Å². The minimum Gasteiger partial charge on any atom is -0.491 e. The molecule has 3 aliphatic carbocycles. The van der Waals surface area contributed by atoms with E-state index < -0.39 is 29.4 Å². The molecule has 3 saturated carbocycles. The summed E-state index contributed by atoms with van der Waals surface area (Å²) >= 11 is 0. The number of esters is 1. The van der Waals surface area contributed by atoms with Gasteiger partial charge in [0.05, 0.1) is 41.3 Å². The van der Waals surface area contributed by atoms with Crippen LogP contribution >= 0.6 is 0 Å². The van der Waals surface area contributed by atoms with Gasteiger partial charge in [-0.05, 0) is 101 Å². The van der Waals surface area contributed by atoms with E-state index in [9.17, 15) is 19.8 Å². The molecule has 0 aliphatic heterocycles. The third-order valence-electron chi connectivity index (χ3n) is 10.8. The van der Waals surface area contributed by atoms with E-state index in [1.807, 2.05) is 20.8 Å². The molecule has 2 aromatic rings. The van der Waals surface area contributed by atoms with Crippen LogP contribution in [0.25, 0.3) is 0 Å². The second-order valence-corrected chi connectivity index (χ2v) is 13.9. The number of hydrogen-bond donors (Lipinski definition) is 3. The summed E-state index contributed by atoms with van der Waals surface area (Å²) in [7, 11) is 4.91. The highest BCUT2D eigenvalue weighted by atomic mass is 16.5. The Bertz CT molecular complexity index is 1380. The van der Waals surface area contributed by atoms with Gasteiger partial charge in [0.15, 0.2) is 0 Å². The van der Waals surface area contributed by atoms with Gasteiger partial charge in [-0.1, -0.05) is 19.1 Å². The molecule has 10 heteroatoms. The third kappa shape index (κ3) is 7.08. The van der Waals surface area contributed by atoms with Crippen molar-refractivity contribution < 1.29 is 43.5 Å². The SMILES string of the molecule is COC1C[C@](O)(CCC2C[C@@H](OC)CC[C@@H]2OC(=O)c2ccccc2NC(=O)c2ccc(OC(C)C)cc2)[C@]2(O)C(C)C[C@H]1[C@@H]2OC. The first-order valence-corrected chi connectivity index (χ1v) is 16.8. The highest BCUT2D eigenvalue weighted by Gasteiger charge is 2.69. The van der Waals surface area contributed by atoms with Crippen molar-refractivity contribution in [2.75, 3.05) is 26.6 Å². The summed E-state index contributed by atoms with van der Waals surface area (Å²) in [5.74, 6) is -0.506. The Morgan fingerprint density at radius 3 is 2.32 bits per heavy atom. The molecule has 3 N–H and O–H groups in total. The van der Waals surface area contributed by atoms with Crippen molar-refractivity contribution in [1.82, 2.24) is 0 Å². The van der Waals surface area contributed by atoms with E-state index in [1.54, 1.807) is 69.9 Å². The van der Waals surface area contributed by atoms with Gasteiger partial charge in [-0.15, -0.1) is 0 Å². The summed E-state index contributed by atoms with van der Waals surface area (Å²) in [5.41, 5.74) is -1.82. The second-order valence-electron chi connectivity index (χ2n) is 13.9. The second kappa shape index (κ2) is 14.6. The zero-order valence-corrected chi connectivity index (χ0v) is 28.4. The lowest BCUT2D eigenvalue weighted by Gasteiger charge is -2.53. The highest BCUT2D eigenvalue weighted by Crippen LogP contribution is 2.57. The summed E-state index contributed by atoms with van der Waals surface area (Å²) in [5, 5.41) is 27.0. The molecule has 0 heterocycles. The molecule has 0 aromatic heterocycles. The van der Waals surface area contributed by atoms with E-state index in [2.05, 4.69) is 5.32 Å². The molecule has 0 saturated heterocycles. The van der Waals surface area contributed by atoms with Crippen LogP contribution in [-0.2, 0) is 18.9 Å². The lowest BCUT2D eigenvalue weighted by Crippen LogP contribution is -2.68. The number of rotatable bonds is 12. The normalized spacial score (nSPS) is 33.4. The van der Waals surface area contributed by atoms with Gasteiger partial charge in [-0.2, -0.15) is 0 Å². The van der Waals surface area contributed by atoms with Crippen molar-refractivity contribution in [3.63, 3.8) is 0 Å². The van der Waals surface area contributed by atoms with E-state index in [0.717, 1.165) is 6.42 Å². The largest absolute Gasteiger partial charge is 0.491 e. The number of hydrogen-bond acceptors (Lipinski definition) is 9. The third-order valence-corrected chi connectivity index (χ3v) is 10.8. The number of methoxy groups -OCH3 is 3. The fourth-order valence-electron chi connectivity index (χ4n) is 8.36. The first-order chi connectivity index (χ1) is 22.4. The summed E-state index contributed by atoms with van der Waals surface area (Å²) in [6, 6.07) is 13.6. The van der Waals surface area contributed by atoms with Gasteiger partial charge in [0, 0.05) is 39.2 Å². The standard InChI is InChI=1S/C37H51NO9/c1-22(2)46-26-13-11-24(12-14-26)34(39)38-30-10-8-7-9-28(30)35(40)47-31-16-15-27(43-4)20-25(31)17-18-36(41)21-32(44-5)29-19-23(3)37(36,42)33(29)45-6/h7-14,22-23,25,27,29,31-33,41-42H,15-21H2,1-6H3,(H,38,39)/t23?,25?,27-,29+,31-,32?,33-,36+,37-/m0/s1. The fraction of sp³-hybridized carbons (Fsp3) is 0.622. The molecule has 3 fully saturated rings. The topological polar surface area (TPSA) is 133 Å². The molecule has 9 atom stereocenters. The number of amides is 1. The van der Waals surface area contributed by atoms with Crippen molar-refractivity contribution in [2.24, 2.45) is 17.8 Å². The van der Waals surface area contributed by atoms with Gasteiger partial charge < -0.3 is 39.2 Å². The minimum absolute atomic E-state index is 0.00355. The van der Waals surface area contributed by atoms with Crippen LogP contribution in [-0.4, -0.2) is 85.1 Å². The number of benzene rings is 2. The number of nitrogens with one attached hydrogen (secondary N) is 1. The average molecular weight is 654 g/mol. The predicted molar refractivity (Wildman–Crippen MR) is 177 cm³/mol. The van der Waals surface area contributed by atoms with E-state index in [0.29, 0.717) is 55.5 Å². The number of carbonyl (C=O) groups excluding carboxylic acids is 2. The monoisotopic (exact) mass is 653 g/mol. The Morgan fingerprint density at radius 2 is 1.66 bits per heavy atom. The summed E-state index contributed by atoms with van der Waals surface area (Å²) in [4.78, 5) is 26.8. The van der Waals surface area contributed by atoms with E-state index >= 15 is 0 Å². The maximum absolute atomic E-state index is 13.7. The van der Waals surface area contributed by atoms with Crippen molar-refractivity contribution in [1.29, 1.82) is 0 Å². The fourth-order valence-corrected chi connectivity index (χ4v) is 8.36. The number of ether oxygens (including phenoxy) is 5. The molecule has 2 aromatic carbocycles. The summed E-state index contributed by atoms with van der Waals surface area (Å²) < 4.78 is 29.2. The Kier molecular flexibility index (Phi) is 11.0. The summed E-state index contributed by atoms with van der Waals surface area (Å²) in [6.07, 6.45) is 2.60. The molecule has 3 aliphatic rings. The molecule has 2 bridgehead atoms. The number of anilines is 1. The van der Waals surface area contributed by atoms with Crippen LogP contribution in [0.2, 0.25) is 0 Å². The van der Waals surface area contributed by atoms with Gasteiger partial charge in [0.25, 0.3) is 5.91 Å². The molecule has 1 amide bonds. The zero-order valence-electron chi connectivity index (χ0n) is 28.4. The van der Waals surface area contributed by atoms with E-state index in [4.69, 9.17) is 23.7 Å². The highest BCUT2D eigenvalue weighted by molar-refractivity contribution is 6.08. The first kappa shape index (κ1) is 35.3. The van der Waals surface area contributed by atoms with Crippen LogP contribution in [0.5, 0.6) is 5.75 Å². The van der Waals surface area contributed by atoms with Crippen LogP contribution < -0.4 is 10.1 Å². The van der Waals surface area contributed by atoms with Crippen molar-refractivity contribution in [2.45, 2.75) is 107 Å². The number of carbonyl (C=O) groups is 2. The molecule has 5 rings (SSSR count). The maximum atomic E-state index is 13.7. The summed E-state index contributed by atoms with van der Waals surface area (Å²) in [6.45, 7) is 5.83. The van der Waals surface area contributed by atoms with Crippen LogP contribution in [0.4, 0.5) is 5.69 Å². The molecule has 10 nitrogen and oxygen atoms in total. The van der Waals surface area contributed by atoms with E-state index in [-0.39, 0.29) is 47.5 Å². The number of fused-ring (bicyclic) bond motifs is 2. The van der Waals surface area contributed by atoms with Gasteiger partial charge in [-0.25, -0.2) is 4.79 Å². The van der Waals surface area contributed by atoms with Crippen LogP contribution in [0, 0.1) is 17.8 Å². The minimum atomic E-state index is -1.44. The Labute approximate surface area is 278 Å². The van der Waals surface area contributed by atoms with E-state index in [1.165, 1.54) is 0 Å². The average Bonchev–Trinajstić information content (AvgIpc) is 3.29. The van der Waals surface area contributed by atoms with Crippen LogP contribution in [0.3, 0.4) is 0 Å². The smallest absolute Gasteiger partial charge is 0.340 e. The molecule has 47 heavy (non-hydrogen) atoms. The molecular formula is C37H51NO9. The maximum Gasteiger partial charge on any atom is 0.340 e. The molecule has 0 radical (unpaired) electrons. The Hall–Kier alpha value is -3.02. The van der Waals surface area contributed by atoms with Gasteiger partial charge in [0.1, 0.15) is 17.5 Å². The lowest BCUT2D eigenvalue weighted by atomic mass is 9.64. The number of para-hydroxylation sites is 1. The molecule has 258 valence electrons. The zero-order chi connectivity index (χ0) is 33.9. The van der Waals surface area contributed by atoms with Crippen LogP contribution in [0.1, 0.15) is 86.4 Å². The van der Waals surface area contributed by atoms with Gasteiger partial charge >= 0.3 is 5.97 Å². The molecule has 0 spiro atoms. The Morgan fingerprint density at radius 1 is 0.936 bits per heavy atom. The molecule has 3 unspecified atom stereocenters. The predicted octanol–water partition coefficient (Wildman–Crippen LogP) is 5.40. The van der Waals surface area contributed by atoms with Crippen molar-refractivity contribution in [3.05, 3.63) is 59.7 Å². The van der Waals surface area contributed by atoms with Crippen molar-refractivity contribution in [3.8, 4) is 5.75 Å². The van der Waals surface area contributed by atoms with Gasteiger partial charge in [-0.3, -0.25) is 4.79 Å². The van der Waals surface area contributed by atoms with Crippen molar-refractivity contribution >= 4 is 17.6 Å².